The Hall–Kier alpha value is -2.36. The molecule has 0 saturated heterocycles. The number of nitrogens with two attached hydrogens (primary N) is 1. The molecule has 1 unspecified atom stereocenters. The van der Waals surface area contributed by atoms with Crippen molar-refractivity contribution in [3.8, 4) is 0 Å². The molecule has 3 aromatic rings. The van der Waals surface area contributed by atoms with Gasteiger partial charge in [-0.1, -0.05) is 229 Å². The fourth-order valence-corrected chi connectivity index (χ4v) is 9.42. The van der Waals surface area contributed by atoms with Gasteiger partial charge in [-0.3, -0.25) is 13.8 Å². The van der Waals surface area contributed by atoms with E-state index in [1.807, 2.05) is 24.3 Å². The minimum absolute atomic E-state index is 0.0723. The van der Waals surface area contributed by atoms with Gasteiger partial charge in [0.1, 0.15) is 6.10 Å². The minimum Gasteiger partial charge on any atom is -0.379 e. The van der Waals surface area contributed by atoms with Gasteiger partial charge in [0.15, 0.2) is 0 Å². The maximum absolute atomic E-state index is 13.2. The molecule has 0 bridgehead atoms. The van der Waals surface area contributed by atoms with Crippen LogP contribution in [0.2, 0.25) is 0 Å². The van der Waals surface area contributed by atoms with Crippen LogP contribution in [0.25, 0.3) is 21.5 Å². The van der Waals surface area contributed by atoms with E-state index in [0.29, 0.717) is 13.2 Å². The molecule has 0 radical (unpaired) electrons. The Morgan fingerprint density at radius 3 is 1.45 bits per heavy atom. The van der Waals surface area contributed by atoms with Gasteiger partial charge in [-0.2, -0.15) is 0 Å². The number of hydrogen-bond acceptors (Lipinski definition) is 7. The van der Waals surface area contributed by atoms with Crippen molar-refractivity contribution in [1.82, 2.24) is 4.90 Å². The van der Waals surface area contributed by atoms with E-state index in [4.69, 9.17) is 24.3 Å². The van der Waals surface area contributed by atoms with Gasteiger partial charge >= 0.3 is 7.82 Å². The first-order valence-electron chi connectivity index (χ1n) is 26.1. The summed E-state index contributed by atoms with van der Waals surface area (Å²) in [5, 5.41) is 4.23. The Labute approximate surface area is 389 Å². The average molecular weight is 911 g/mol. The molecule has 2 atom stereocenters. The van der Waals surface area contributed by atoms with Gasteiger partial charge in [-0.25, -0.2) is 4.57 Å². The zero-order chi connectivity index (χ0) is 45.8. The Kier molecular flexibility index (Phi) is 32.1. The maximum atomic E-state index is 13.2. The lowest BCUT2D eigenvalue weighted by Gasteiger charge is -2.25. The molecule has 64 heavy (non-hydrogen) atoms. The van der Waals surface area contributed by atoms with Gasteiger partial charge in [-0.15, -0.1) is 0 Å². The summed E-state index contributed by atoms with van der Waals surface area (Å²) in [7, 11) is -4.46. The summed E-state index contributed by atoms with van der Waals surface area (Å²) in [6, 6.07) is 18.3. The first kappa shape index (κ1) is 56.0. The van der Waals surface area contributed by atoms with Crippen molar-refractivity contribution in [2.24, 2.45) is 5.73 Å². The van der Waals surface area contributed by atoms with Crippen LogP contribution in [-0.4, -0.2) is 67.9 Å². The molecule has 364 valence electrons. The van der Waals surface area contributed by atoms with Gasteiger partial charge in [0.25, 0.3) is 0 Å². The third kappa shape index (κ3) is 25.5. The summed E-state index contributed by atoms with van der Waals surface area (Å²) < 4.78 is 36.3. The van der Waals surface area contributed by atoms with Crippen LogP contribution in [0.15, 0.2) is 54.6 Å². The van der Waals surface area contributed by atoms with Gasteiger partial charge in [-0.05, 0) is 46.0 Å². The highest BCUT2D eigenvalue weighted by molar-refractivity contribution is 7.47. The molecule has 3 rings (SSSR count). The fourth-order valence-electron chi connectivity index (χ4n) is 8.68. The van der Waals surface area contributed by atoms with Crippen LogP contribution in [0, 0.1) is 0 Å². The number of phosphoric ester groups is 1. The number of phosphoric acid groups is 1. The van der Waals surface area contributed by atoms with Crippen molar-refractivity contribution in [2.45, 2.75) is 206 Å². The van der Waals surface area contributed by atoms with Crippen LogP contribution in [0.4, 0.5) is 0 Å². The zero-order valence-corrected chi connectivity index (χ0v) is 41.5. The van der Waals surface area contributed by atoms with Gasteiger partial charge in [0.05, 0.1) is 26.4 Å². The Balaban J connectivity index is 1.40. The molecule has 1 amide bonds. The maximum Gasteiger partial charge on any atom is 0.472 e. The second-order valence-electron chi connectivity index (χ2n) is 18.2. The summed E-state index contributed by atoms with van der Waals surface area (Å²) in [6.45, 7) is 5.85. The number of rotatable bonds is 43. The highest BCUT2D eigenvalue weighted by atomic mass is 31.2. The van der Waals surface area contributed by atoms with E-state index >= 15 is 0 Å². The summed E-state index contributed by atoms with van der Waals surface area (Å²) >= 11 is 0. The van der Waals surface area contributed by atoms with E-state index in [9.17, 15) is 14.3 Å². The molecule has 0 aliphatic rings. The predicted molar refractivity (Wildman–Crippen MR) is 269 cm³/mol. The molecule has 0 aromatic heterocycles. The summed E-state index contributed by atoms with van der Waals surface area (Å²) in [5.41, 5.74) is 6.83. The van der Waals surface area contributed by atoms with E-state index in [0.717, 1.165) is 52.8 Å². The highest BCUT2D eigenvalue weighted by Crippen LogP contribution is 2.43. The quantitative estimate of drug-likeness (QED) is 0.0327. The van der Waals surface area contributed by atoms with E-state index in [2.05, 4.69) is 44.2 Å². The van der Waals surface area contributed by atoms with Crippen LogP contribution < -0.4 is 5.73 Å². The van der Waals surface area contributed by atoms with Gasteiger partial charge in [0.2, 0.25) is 5.91 Å². The van der Waals surface area contributed by atoms with Crippen molar-refractivity contribution >= 4 is 35.3 Å². The van der Waals surface area contributed by atoms with Crippen molar-refractivity contribution < 1.29 is 32.8 Å². The molecule has 0 aliphatic carbocycles. The minimum atomic E-state index is -4.46. The van der Waals surface area contributed by atoms with Gasteiger partial charge in [0, 0.05) is 26.3 Å². The van der Waals surface area contributed by atoms with E-state index < -0.39 is 13.9 Å². The monoisotopic (exact) mass is 911 g/mol. The number of nitrogens with zero attached hydrogens (tertiary/aromatic N) is 1. The standard InChI is InChI=1S/C54H91N2O7P/c1-3-5-7-9-11-13-15-17-19-21-23-25-27-33-40-60-46-50(61-41-34-28-26-24-22-20-18-16-14-12-10-8-6-4-2)47-63-64(58,59)62-42-39-56(54(57)44-55)45-53-51-37-31-29-35-48(51)43-49-36-30-32-38-52(49)53/h29-32,35-38,43,50H,3-28,33-34,39-42,44-47,55H2,1-2H3,(H,58,59)/t50-/m1/s1. The first-order valence-corrected chi connectivity index (χ1v) is 27.6. The molecule has 3 aromatic carbocycles. The van der Waals surface area contributed by atoms with Gasteiger partial charge < -0.3 is 25.0 Å². The van der Waals surface area contributed by atoms with Crippen molar-refractivity contribution in [1.29, 1.82) is 0 Å². The summed E-state index contributed by atoms with van der Waals surface area (Å²) in [4.78, 5) is 25.4. The number of hydrogen-bond donors (Lipinski definition) is 2. The number of carbonyl (C=O) groups excluding carboxylic acids is 1. The summed E-state index contributed by atoms with van der Waals surface area (Å²) in [6.07, 6.45) is 35.9. The third-order valence-electron chi connectivity index (χ3n) is 12.6. The molecule has 0 heterocycles. The van der Waals surface area contributed by atoms with Crippen LogP contribution in [-0.2, 0) is 34.4 Å². The molecular weight excluding hydrogens is 820 g/mol. The Morgan fingerprint density at radius 2 is 1.00 bits per heavy atom. The third-order valence-corrected chi connectivity index (χ3v) is 13.6. The average Bonchev–Trinajstić information content (AvgIpc) is 3.30. The van der Waals surface area contributed by atoms with Crippen LogP contribution >= 0.6 is 7.82 Å². The molecule has 0 aliphatic heterocycles. The number of fused-ring (bicyclic) bond motifs is 2. The molecule has 0 saturated carbocycles. The SMILES string of the molecule is CCCCCCCCCCCCCCCCOC[C@H](COP(=O)(O)OCCN(Cc1c2ccccc2cc2ccccc12)C(=O)CN)OCCCCCCCCCCCCCCCC. The molecule has 0 fully saturated rings. The second kappa shape index (κ2) is 36.7. The second-order valence-corrected chi connectivity index (χ2v) is 19.6. The summed E-state index contributed by atoms with van der Waals surface area (Å²) in [5.74, 6) is -0.276. The Bertz CT molecular complexity index is 1600. The Morgan fingerprint density at radius 1 is 0.578 bits per heavy atom. The number of ether oxygens (including phenoxy) is 2. The van der Waals surface area contributed by atoms with E-state index in [1.165, 1.54) is 154 Å². The zero-order valence-electron chi connectivity index (χ0n) is 40.6. The van der Waals surface area contributed by atoms with E-state index in [1.54, 1.807) is 4.90 Å². The lowest BCUT2D eigenvalue weighted by atomic mass is 9.96. The smallest absolute Gasteiger partial charge is 0.379 e. The number of unbranched alkanes of at least 4 members (excludes halogenated alkanes) is 26. The normalized spacial score (nSPS) is 13.2. The number of carbonyl (C=O) groups is 1. The molecule has 3 N–H and O–H groups in total. The molecular formula is C54H91N2O7P. The topological polar surface area (TPSA) is 121 Å². The lowest BCUT2D eigenvalue weighted by molar-refractivity contribution is -0.130. The predicted octanol–water partition coefficient (Wildman–Crippen LogP) is 14.8. The molecule has 10 heteroatoms. The molecule has 9 nitrogen and oxygen atoms in total. The van der Waals surface area contributed by atoms with E-state index in [-0.39, 0.29) is 45.4 Å². The van der Waals surface area contributed by atoms with Crippen LogP contribution in [0.1, 0.15) is 199 Å². The number of amides is 1. The molecule has 0 spiro atoms. The van der Waals surface area contributed by atoms with Crippen LogP contribution in [0.3, 0.4) is 0 Å². The van der Waals surface area contributed by atoms with Crippen LogP contribution in [0.5, 0.6) is 0 Å². The fraction of sp³-hybridized carbons (Fsp3) is 0.722. The largest absolute Gasteiger partial charge is 0.472 e. The van der Waals surface area contributed by atoms with Crippen molar-refractivity contribution in [2.75, 3.05) is 46.1 Å². The lowest BCUT2D eigenvalue weighted by Crippen LogP contribution is -2.37. The van der Waals surface area contributed by atoms with Crippen molar-refractivity contribution in [3.05, 3.63) is 60.2 Å². The number of benzene rings is 3. The van der Waals surface area contributed by atoms with Crippen molar-refractivity contribution in [3.63, 3.8) is 0 Å². The first-order chi connectivity index (χ1) is 31.4. The highest BCUT2D eigenvalue weighted by Gasteiger charge is 2.25.